The molecule has 3 nitrogen and oxygen atoms in total. The third kappa shape index (κ3) is 2.97. The minimum Gasteiger partial charge on any atom is -0.466 e. The molecule has 0 fully saturated rings. The zero-order valence-corrected chi connectivity index (χ0v) is 9.55. The lowest BCUT2D eigenvalue weighted by molar-refractivity contribution is -0.142. The summed E-state index contributed by atoms with van der Waals surface area (Å²) in [6, 6.07) is 4.07. The predicted octanol–water partition coefficient (Wildman–Crippen LogP) is 2.09. The molecule has 1 aromatic rings. The molecule has 1 rings (SSSR count). The van der Waals surface area contributed by atoms with Crippen LogP contribution in [0.25, 0.3) is 0 Å². The summed E-state index contributed by atoms with van der Waals surface area (Å²) in [5.41, 5.74) is 0.503. The van der Waals surface area contributed by atoms with Crippen LogP contribution in [0.4, 0.5) is 4.39 Å². The molecule has 0 N–H and O–H groups in total. The molecule has 0 saturated carbocycles. The van der Waals surface area contributed by atoms with Gasteiger partial charge in [0.15, 0.2) is 0 Å². The molecule has 0 unspecified atom stereocenters. The summed E-state index contributed by atoms with van der Waals surface area (Å²) in [5, 5.41) is 8.81. The normalized spacial score (nSPS) is 9.62. The average Bonchev–Trinajstić information content (AvgIpc) is 2.22. The Morgan fingerprint density at radius 3 is 2.88 bits per heavy atom. The van der Waals surface area contributed by atoms with Gasteiger partial charge in [0.25, 0.3) is 0 Å². The van der Waals surface area contributed by atoms with Crippen LogP contribution >= 0.6 is 12.6 Å². The van der Waals surface area contributed by atoms with E-state index in [1.54, 1.807) is 6.92 Å². The van der Waals surface area contributed by atoms with Crippen LogP contribution < -0.4 is 0 Å². The summed E-state index contributed by atoms with van der Waals surface area (Å²) in [7, 11) is 0. The Morgan fingerprint density at radius 2 is 2.31 bits per heavy atom. The number of esters is 1. The Morgan fingerprint density at radius 1 is 1.62 bits per heavy atom. The molecule has 0 spiro atoms. The van der Waals surface area contributed by atoms with Crippen molar-refractivity contribution in [2.75, 3.05) is 6.61 Å². The van der Waals surface area contributed by atoms with Crippen molar-refractivity contribution in [3.05, 3.63) is 29.1 Å². The van der Waals surface area contributed by atoms with Crippen molar-refractivity contribution < 1.29 is 13.9 Å². The first-order valence-corrected chi connectivity index (χ1v) is 5.10. The molecule has 0 saturated heterocycles. The van der Waals surface area contributed by atoms with Gasteiger partial charge in [-0.25, -0.2) is 4.39 Å². The number of benzene rings is 1. The first-order chi connectivity index (χ1) is 7.58. The summed E-state index contributed by atoms with van der Waals surface area (Å²) in [4.78, 5) is 11.5. The number of hydrogen-bond acceptors (Lipinski definition) is 4. The fourth-order valence-electron chi connectivity index (χ4n) is 1.26. The maximum Gasteiger partial charge on any atom is 0.310 e. The number of rotatable bonds is 3. The fourth-order valence-corrected chi connectivity index (χ4v) is 1.59. The number of nitriles is 1. The second-order valence-electron chi connectivity index (χ2n) is 3.04. The summed E-state index contributed by atoms with van der Waals surface area (Å²) < 4.78 is 17.7. The SMILES string of the molecule is CCOC(=O)Cc1c(S)cc(F)cc1C#N. The smallest absolute Gasteiger partial charge is 0.310 e. The van der Waals surface area contributed by atoms with Crippen molar-refractivity contribution >= 4 is 18.6 Å². The van der Waals surface area contributed by atoms with Gasteiger partial charge in [-0.15, -0.1) is 12.6 Å². The highest BCUT2D eigenvalue weighted by molar-refractivity contribution is 7.80. The molecule has 0 heterocycles. The van der Waals surface area contributed by atoms with E-state index in [2.05, 4.69) is 12.6 Å². The van der Waals surface area contributed by atoms with E-state index in [9.17, 15) is 9.18 Å². The van der Waals surface area contributed by atoms with Crippen molar-refractivity contribution in [1.29, 1.82) is 5.26 Å². The molecule has 0 aromatic heterocycles. The van der Waals surface area contributed by atoms with Crippen molar-refractivity contribution in [1.82, 2.24) is 0 Å². The van der Waals surface area contributed by atoms with Gasteiger partial charge in [-0.1, -0.05) is 0 Å². The van der Waals surface area contributed by atoms with Crippen LogP contribution in [0.2, 0.25) is 0 Å². The Labute approximate surface area is 98.2 Å². The molecular weight excluding hydrogens is 229 g/mol. The van der Waals surface area contributed by atoms with Gasteiger partial charge in [-0.2, -0.15) is 5.26 Å². The highest BCUT2D eigenvalue weighted by Crippen LogP contribution is 2.21. The molecule has 0 aliphatic rings. The van der Waals surface area contributed by atoms with Gasteiger partial charge >= 0.3 is 5.97 Å². The summed E-state index contributed by atoms with van der Waals surface area (Å²) in [5.74, 6) is -1.00. The first-order valence-electron chi connectivity index (χ1n) is 4.65. The van der Waals surface area contributed by atoms with Crippen molar-refractivity contribution in [2.45, 2.75) is 18.2 Å². The van der Waals surface area contributed by atoms with Crippen LogP contribution in [0, 0.1) is 17.1 Å². The van der Waals surface area contributed by atoms with E-state index in [1.807, 2.05) is 6.07 Å². The first kappa shape index (κ1) is 12.5. The number of hydrogen-bond donors (Lipinski definition) is 1. The third-order valence-electron chi connectivity index (χ3n) is 1.94. The number of halogens is 1. The zero-order chi connectivity index (χ0) is 12.1. The van der Waals surface area contributed by atoms with Gasteiger partial charge in [0.05, 0.1) is 24.7 Å². The highest BCUT2D eigenvalue weighted by atomic mass is 32.1. The predicted molar refractivity (Wildman–Crippen MR) is 58.7 cm³/mol. The van der Waals surface area contributed by atoms with E-state index >= 15 is 0 Å². The van der Waals surface area contributed by atoms with Gasteiger partial charge in [0.1, 0.15) is 5.82 Å². The van der Waals surface area contributed by atoms with Crippen LogP contribution in [0.5, 0.6) is 0 Å². The maximum absolute atomic E-state index is 13.0. The summed E-state index contributed by atoms with van der Waals surface area (Å²) >= 11 is 4.04. The van der Waals surface area contributed by atoms with Crippen LogP contribution in [0.15, 0.2) is 17.0 Å². The van der Waals surface area contributed by atoms with Crippen molar-refractivity contribution in [3.63, 3.8) is 0 Å². The van der Waals surface area contributed by atoms with E-state index in [0.29, 0.717) is 5.56 Å². The average molecular weight is 239 g/mol. The van der Waals surface area contributed by atoms with Crippen molar-refractivity contribution in [2.24, 2.45) is 0 Å². The Hall–Kier alpha value is -1.54. The molecule has 0 aliphatic carbocycles. The minimum absolute atomic E-state index is 0.0736. The summed E-state index contributed by atoms with van der Waals surface area (Å²) in [6.07, 6.45) is -0.0736. The van der Waals surface area contributed by atoms with E-state index in [4.69, 9.17) is 10.00 Å². The molecule has 5 heteroatoms. The molecule has 0 radical (unpaired) electrons. The van der Waals surface area contributed by atoms with E-state index in [1.165, 1.54) is 6.07 Å². The lowest BCUT2D eigenvalue weighted by Gasteiger charge is -2.07. The van der Waals surface area contributed by atoms with Crippen LogP contribution in [-0.4, -0.2) is 12.6 Å². The van der Waals surface area contributed by atoms with Gasteiger partial charge in [0, 0.05) is 4.90 Å². The Bertz CT molecular complexity index is 454. The molecule has 0 atom stereocenters. The fraction of sp³-hybridized carbons (Fsp3) is 0.273. The highest BCUT2D eigenvalue weighted by Gasteiger charge is 2.13. The lowest BCUT2D eigenvalue weighted by atomic mass is 10.1. The van der Waals surface area contributed by atoms with Crippen molar-refractivity contribution in [3.8, 4) is 6.07 Å². The number of carbonyl (C=O) groups is 1. The van der Waals surface area contributed by atoms with Gasteiger partial charge in [0.2, 0.25) is 0 Å². The Kier molecular flexibility index (Phi) is 4.32. The number of nitrogens with zero attached hydrogens (tertiary/aromatic N) is 1. The van der Waals surface area contributed by atoms with E-state index in [0.717, 1.165) is 6.07 Å². The zero-order valence-electron chi connectivity index (χ0n) is 8.66. The molecular formula is C11H10FNO2S. The lowest BCUT2D eigenvalue weighted by Crippen LogP contribution is -2.09. The number of carbonyl (C=O) groups excluding carboxylic acids is 1. The second kappa shape index (κ2) is 5.52. The molecule has 16 heavy (non-hydrogen) atoms. The van der Waals surface area contributed by atoms with Crippen LogP contribution in [-0.2, 0) is 16.0 Å². The summed E-state index contributed by atoms with van der Waals surface area (Å²) in [6.45, 7) is 1.96. The second-order valence-corrected chi connectivity index (χ2v) is 3.53. The quantitative estimate of drug-likeness (QED) is 0.649. The molecule has 84 valence electrons. The minimum atomic E-state index is -0.547. The molecule has 1 aromatic carbocycles. The maximum atomic E-state index is 13.0. The third-order valence-corrected chi connectivity index (χ3v) is 2.34. The number of thiol groups is 1. The van der Waals surface area contributed by atoms with Gasteiger partial charge < -0.3 is 4.74 Å². The molecule has 0 amide bonds. The molecule has 0 bridgehead atoms. The van der Waals surface area contributed by atoms with Crippen LogP contribution in [0.1, 0.15) is 18.1 Å². The monoisotopic (exact) mass is 239 g/mol. The van der Waals surface area contributed by atoms with E-state index < -0.39 is 11.8 Å². The molecule has 0 aliphatic heterocycles. The topological polar surface area (TPSA) is 50.1 Å². The largest absolute Gasteiger partial charge is 0.466 e. The van der Waals surface area contributed by atoms with Crippen LogP contribution in [0.3, 0.4) is 0 Å². The van der Waals surface area contributed by atoms with Gasteiger partial charge in [-0.05, 0) is 24.6 Å². The van der Waals surface area contributed by atoms with E-state index in [-0.39, 0.29) is 23.5 Å². The van der Waals surface area contributed by atoms with Gasteiger partial charge in [-0.3, -0.25) is 4.79 Å². The standard InChI is InChI=1S/C11H10FNO2S/c1-2-15-11(14)5-9-7(6-13)3-8(12)4-10(9)16/h3-4,16H,2,5H2,1H3. The Balaban J connectivity index is 3.04. The number of ether oxygens (including phenoxy) is 1.